The van der Waals surface area contributed by atoms with E-state index in [0.29, 0.717) is 5.69 Å². The Hall–Kier alpha value is -2.11. The molecule has 1 N–H and O–H groups in total. The van der Waals surface area contributed by atoms with Crippen molar-refractivity contribution in [1.29, 1.82) is 0 Å². The Bertz CT molecular complexity index is 1040. The average Bonchev–Trinajstić information content (AvgIpc) is 2.94. The first-order valence-corrected chi connectivity index (χ1v) is 8.06. The minimum absolute atomic E-state index is 0. The minimum atomic E-state index is -4.51. The number of nitrogens with one attached hydrogen (secondary N) is 1. The van der Waals surface area contributed by atoms with Gasteiger partial charge in [0.15, 0.2) is 0 Å². The summed E-state index contributed by atoms with van der Waals surface area (Å²) in [4.78, 5) is 11.8. The summed E-state index contributed by atoms with van der Waals surface area (Å²) in [6.45, 7) is 0. The molecule has 0 aliphatic heterocycles. The van der Waals surface area contributed by atoms with Crippen molar-refractivity contribution in [3.63, 3.8) is 0 Å². The molecule has 2 aromatic carbocycles. The van der Waals surface area contributed by atoms with Crippen molar-refractivity contribution in [3.8, 4) is 5.69 Å². The van der Waals surface area contributed by atoms with Gasteiger partial charge in [0.05, 0.1) is 16.3 Å². The molecular weight excluding hydrogens is 357 g/mol. The van der Waals surface area contributed by atoms with Crippen LogP contribution in [0.4, 0.5) is 11.5 Å². The predicted molar refractivity (Wildman–Crippen MR) is 82.8 cm³/mol. The van der Waals surface area contributed by atoms with Crippen LogP contribution in [0.5, 0.6) is 0 Å². The minimum Gasteiger partial charge on any atom is -0.744 e. The van der Waals surface area contributed by atoms with Crippen LogP contribution in [0.25, 0.3) is 5.69 Å². The third kappa shape index (κ3) is 4.50. The predicted octanol–water partition coefficient (Wildman–Crippen LogP) is -1.12. The maximum absolute atomic E-state index is 12.2. The van der Waals surface area contributed by atoms with Gasteiger partial charge in [-0.3, -0.25) is 4.79 Å². The van der Waals surface area contributed by atoms with E-state index in [1.165, 1.54) is 16.8 Å². The summed E-state index contributed by atoms with van der Waals surface area (Å²) >= 11 is 0. The van der Waals surface area contributed by atoms with Crippen LogP contribution in [0, 0.1) is 0 Å². The molecule has 0 unspecified atom stereocenters. The van der Waals surface area contributed by atoms with E-state index in [1.54, 1.807) is 24.3 Å². The fourth-order valence-electron chi connectivity index (χ4n) is 1.89. The van der Waals surface area contributed by atoms with Crippen molar-refractivity contribution in [2.45, 2.75) is 4.90 Å². The van der Waals surface area contributed by atoms with E-state index in [9.17, 15) is 17.8 Å². The Morgan fingerprint density at radius 2 is 1.64 bits per heavy atom. The van der Waals surface area contributed by atoms with Crippen molar-refractivity contribution >= 4 is 21.6 Å². The third-order valence-corrected chi connectivity index (χ3v) is 3.90. The summed E-state index contributed by atoms with van der Waals surface area (Å²) in [5, 5.41) is 13.9. The Labute approximate surface area is 164 Å². The van der Waals surface area contributed by atoms with Gasteiger partial charge in [0.25, 0.3) is 5.82 Å². The summed E-state index contributed by atoms with van der Waals surface area (Å²) in [6.07, 6.45) is 0. The van der Waals surface area contributed by atoms with Crippen molar-refractivity contribution in [2.75, 3.05) is 0 Å². The maximum atomic E-state index is 12.2. The van der Waals surface area contributed by atoms with E-state index >= 15 is 0 Å². The van der Waals surface area contributed by atoms with E-state index in [4.69, 9.17) is 0 Å². The number of hydrogen-bond acceptors (Lipinski definition) is 7. The van der Waals surface area contributed by atoms with Crippen LogP contribution >= 0.6 is 0 Å². The van der Waals surface area contributed by atoms with Crippen LogP contribution < -0.4 is 35.1 Å². The van der Waals surface area contributed by atoms with Crippen LogP contribution in [0.2, 0.25) is 0 Å². The first-order valence-electron chi connectivity index (χ1n) is 6.66. The Morgan fingerprint density at radius 1 is 1.00 bits per heavy atom. The molecule has 0 saturated carbocycles. The van der Waals surface area contributed by atoms with Gasteiger partial charge in [-0.25, -0.2) is 18.3 Å². The summed E-state index contributed by atoms with van der Waals surface area (Å²) in [5.74, 6) is -0.153. The van der Waals surface area contributed by atoms with Gasteiger partial charge in [-0.05, 0) is 36.4 Å². The maximum Gasteiger partial charge on any atom is 1.00 e. The molecule has 0 atom stereocenters. The summed E-state index contributed by atoms with van der Waals surface area (Å²) in [7, 11) is -4.51. The zero-order chi connectivity index (χ0) is 17.2. The SMILES string of the molecule is O=c1c(N=Nc2ccc(S(=O)(=O)[O-])cc2)n[nH]n1-c1ccccc1.[Na+]. The molecule has 0 aliphatic rings. The molecule has 0 spiro atoms. The smallest absolute Gasteiger partial charge is 0.744 e. The number of aromatic amines is 1. The number of para-hydroxylation sites is 1. The van der Waals surface area contributed by atoms with Crippen LogP contribution in [0.15, 0.2) is 74.5 Å². The number of aromatic nitrogens is 3. The van der Waals surface area contributed by atoms with Crippen molar-refractivity contribution < 1.29 is 42.5 Å². The van der Waals surface area contributed by atoms with E-state index in [-0.39, 0.29) is 46.0 Å². The Balaban J connectivity index is 0.00000225. The molecule has 0 bridgehead atoms. The van der Waals surface area contributed by atoms with Gasteiger partial charge in [-0.2, -0.15) is 0 Å². The first kappa shape index (κ1) is 19.2. The van der Waals surface area contributed by atoms with Gasteiger partial charge < -0.3 is 4.55 Å². The van der Waals surface area contributed by atoms with Crippen molar-refractivity contribution in [3.05, 3.63) is 65.0 Å². The molecule has 1 heterocycles. The molecule has 0 saturated heterocycles. The topological polar surface area (TPSA) is 133 Å². The van der Waals surface area contributed by atoms with Gasteiger partial charge >= 0.3 is 35.1 Å². The second kappa shape index (κ2) is 7.85. The molecule has 9 nitrogen and oxygen atoms in total. The number of H-pyrrole nitrogens is 1. The molecule has 3 aromatic rings. The Morgan fingerprint density at radius 3 is 2.24 bits per heavy atom. The Kier molecular flexibility index (Phi) is 6.03. The van der Waals surface area contributed by atoms with Crippen LogP contribution in [0.1, 0.15) is 0 Å². The van der Waals surface area contributed by atoms with Gasteiger partial charge in [0, 0.05) is 0 Å². The number of benzene rings is 2. The fraction of sp³-hybridized carbons (Fsp3) is 0. The zero-order valence-corrected chi connectivity index (χ0v) is 15.8. The standard InChI is InChI=1S/C14H11N5O4S.Na/c20-14-13(17-18-19(14)11-4-2-1-3-5-11)16-15-10-6-8-12(9-7-10)24(21,22)23;/h1-9,18H,(H,21,22,23);/q;+1/p-1. The molecule has 0 radical (unpaired) electrons. The molecule has 0 amide bonds. The molecule has 3 rings (SSSR count). The second-order valence-electron chi connectivity index (χ2n) is 4.66. The summed E-state index contributed by atoms with van der Waals surface area (Å²) in [5.41, 5.74) is 0.390. The largest absolute Gasteiger partial charge is 1.00 e. The molecule has 25 heavy (non-hydrogen) atoms. The van der Waals surface area contributed by atoms with E-state index in [2.05, 4.69) is 20.5 Å². The first-order chi connectivity index (χ1) is 11.4. The van der Waals surface area contributed by atoms with Crippen LogP contribution in [0.3, 0.4) is 0 Å². The van der Waals surface area contributed by atoms with Crippen molar-refractivity contribution in [2.24, 2.45) is 10.2 Å². The van der Waals surface area contributed by atoms with Gasteiger partial charge in [-0.15, -0.1) is 15.3 Å². The molecule has 0 fully saturated rings. The molecular formula is C14H10N5NaO4S. The second-order valence-corrected chi connectivity index (χ2v) is 6.04. The molecule has 11 heteroatoms. The number of azo groups is 1. The van der Waals surface area contributed by atoms with Crippen molar-refractivity contribution in [1.82, 2.24) is 15.0 Å². The normalized spacial score (nSPS) is 11.4. The van der Waals surface area contributed by atoms with E-state index < -0.39 is 15.7 Å². The quantitative estimate of drug-likeness (QED) is 0.354. The summed E-state index contributed by atoms with van der Waals surface area (Å²) < 4.78 is 33.7. The van der Waals surface area contributed by atoms with Crippen LogP contribution in [-0.4, -0.2) is 28.0 Å². The fourth-order valence-corrected chi connectivity index (χ4v) is 2.36. The third-order valence-electron chi connectivity index (χ3n) is 3.05. The number of nitrogens with zero attached hydrogens (tertiary/aromatic N) is 4. The van der Waals surface area contributed by atoms with Crippen LogP contribution in [-0.2, 0) is 10.1 Å². The van der Waals surface area contributed by atoms with Gasteiger partial charge in [0.1, 0.15) is 10.1 Å². The summed E-state index contributed by atoms with van der Waals surface area (Å²) in [6, 6.07) is 13.6. The van der Waals surface area contributed by atoms with Gasteiger partial charge in [0.2, 0.25) is 0 Å². The average molecular weight is 367 g/mol. The molecule has 122 valence electrons. The number of rotatable bonds is 4. The van der Waals surface area contributed by atoms with E-state index in [1.807, 2.05) is 6.07 Å². The van der Waals surface area contributed by atoms with E-state index in [0.717, 1.165) is 12.1 Å². The molecule has 1 aromatic heterocycles. The molecule has 0 aliphatic carbocycles. The monoisotopic (exact) mass is 367 g/mol. The number of hydrogen-bond donors (Lipinski definition) is 1. The van der Waals surface area contributed by atoms with Gasteiger partial charge in [-0.1, -0.05) is 18.2 Å². The zero-order valence-electron chi connectivity index (χ0n) is 13.0.